The van der Waals surface area contributed by atoms with Crippen LogP contribution in [0.5, 0.6) is 11.5 Å². The van der Waals surface area contributed by atoms with Crippen molar-refractivity contribution in [2.45, 2.75) is 27.3 Å². The number of benzene rings is 1. The van der Waals surface area contributed by atoms with Crippen molar-refractivity contribution in [3.05, 3.63) is 22.7 Å². The first-order valence-electron chi connectivity index (χ1n) is 6.28. The standard InChI is InChI=1S/C14H22ClNO2.ClH/c1-5-18-14-12(15)6-11(7-13(14)17-4)9-16-8-10(2)3;/h6-7,10,16H,5,8-9H2,1-4H3;1H. The average Bonchev–Trinajstić information content (AvgIpc) is 2.31. The van der Waals surface area contributed by atoms with Crippen LogP contribution in [0.25, 0.3) is 0 Å². The highest BCUT2D eigenvalue weighted by Gasteiger charge is 2.11. The predicted molar refractivity (Wildman–Crippen MR) is 83.0 cm³/mol. The molecule has 0 radical (unpaired) electrons. The van der Waals surface area contributed by atoms with Gasteiger partial charge in [-0.15, -0.1) is 12.4 Å². The van der Waals surface area contributed by atoms with Crippen LogP contribution in [-0.2, 0) is 6.54 Å². The van der Waals surface area contributed by atoms with Gasteiger partial charge in [0.1, 0.15) is 0 Å². The minimum atomic E-state index is 0. The Morgan fingerprint density at radius 2 is 2.00 bits per heavy atom. The molecule has 1 aromatic carbocycles. The lowest BCUT2D eigenvalue weighted by Crippen LogP contribution is -2.19. The van der Waals surface area contributed by atoms with Crippen molar-refractivity contribution in [2.75, 3.05) is 20.3 Å². The molecule has 3 nitrogen and oxygen atoms in total. The van der Waals surface area contributed by atoms with Gasteiger partial charge in [-0.05, 0) is 37.1 Å². The zero-order chi connectivity index (χ0) is 13.5. The molecule has 0 unspecified atom stereocenters. The van der Waals surface area contributed by atoms with E-state index in [-0.39, 0.29) is 12.4 Å². The third kappa shape index (κ3) is 5.89. The first kappa shape index (κ1) is 18.4. The van der Waals surface area contributed by atoms with E-state index in [0.29, 0.717) is 29.0 Å². The molecule has 0 bridgehead atoms. The molecule has 0 heterocycles. The second-order valence-electron chi connectivity index (χ2n) is 4.57. The molecule has 1 rings (SSSR count). The monoisotopic (exact) mass is 307 g/mol. The van der Waals surface area contributed by atoms with Gasteiger partial charge in [0.2, 0.25) is 0 Å². The Morgan fingerprint density at radius 3 is 2.53 bits per heavy atom. The fourth-order valence-corrected chi connectivity index (χ4v) is 1.95. The maximum absolute atomic E-state index is 6.20. The van der Waals surface area contributed by atoms with Crippen molar-refractivity contribution in [3.8, 4) is 11.5 Å². The van der Waals surface area contributed by atoms with E-state index in [1.54, 1.807) is 7.11 Å². The molecule has 0 fully saturated rings. The summed E-state index contributed by atoms with van der Waals surface area (Å²) in [7, 11) is 1.62. The summed E-state index contributed by atoms with van der Waals surface area (Å²) < 4.78 is 10.8. The SMILES string of the molecule is CCOc1c(Cl)cc(CNCC(C)C)cc1OC.Cl. The molecule has 0 aliphatic heterocycles. The van der Waals surface area contributed by atoms with Crippen LogP contribution in [0.2, 0.25) is 5.02 Å². The third-order valence-corrected chi connectivity index (χ3v) is 2.74. The van der Waals surface area contributed by atoms with Gasteiger partial charge in [0.25, 0.3) is 0 Å². The van der Waals surface area contributed by atoms with Gasteiger partial charge < -0.3 is 14.8 Å². The molecule has 0 aromatic heterocycles. The van der Waals surface area contributed by atoms with Gasteiger partial charge in [-0.2, -0.15) is 0 Å². The number of rotatable bonds is 7. The van der Waals surface area contributed by atoms with E-state index in [4.69, 9.17) is 21.1 Å². The van der Waals surface area contributed by atoms with E-state index in [2.05, 4.69) is 19.2 Å². The summed E-state index contributed by atoms with van der Waals surface area (Å²) in [6.07, 6.45) is 0. The Bertz CT molecular complexity index is 384. The Kier molecular flexibility index (Phi) is 8.98. The van der Waals surface area contributed by atoms with Crippen LogP contribution in [0.4, 0.5) is 0 Å². The van der Waals surface area contributed by atoms with Gasteiger partial charge >= 0.3 is 0 Å². The number of ether oxygens (including phenoxy) is 2. The Hall–Kier alpha value is -0.640. The predicted octanol–water partition coefficient (Wildman–Crippen LogP) is 3.91. The zero-order valence-corrected chi connectivity index (χ0v) is 13.5. The summed E-state index contributed by atoms with van der Waals surface area (Å²) >= 11 is 6.20. The molecular weight excluding hydrogens is 285 g/mol. The maximum Gasteiger partial charge on any atom is 0.179 e. The highest BCUT2D eigenvalue weighted by atomic mass is 35.5. The summed E-state index contributed by atoms with van der Waals surface area (Å²) in [5.74, 6) is 1.94. The normalized spacial score (nSPS) is 10.2. The molecule has 0 saturated heterocycles. The fraction of sp³-hybridized carbons (Fsp3) is 0.571. The number of nitrogens with one attached hydrogen (secondary N) is 1. The number of methoxy groups -OCH3 is 1. The number of hydrogen-bond donors (Lipinski definition) is 1. The second kappa shape index (κ2) is 9.29. The van der Waals surface area contributed by atoms with Crippen LogP contribution >= 0.6 is 24.0 Å². The molecule has 110 valence electrons. The van der Waals surface area contributed by atoms with E-state index in [1.165, 1.54) is 0 Å². The lowest BCUT2D eigenvalue weighted by atomic mass is 10.1. The van der Waals surface area contributed by atoms with Gasteiger partial charge in [0, 0.05) is 6.54 Å². The van der Waals surface area contributed by atoms with Gasteiger partial charge in [0.15, 0.2) is 11.5 Å². The first-order valence-corrected chi connectivity index (χ1v) is 6.66. The molecular formula is C14H23Cl2NO2. The van der Waals surface area contributed by atoms with E-state index in [1.807, 2.05) is 19.1 Å². The molecule has 0 aliphatic rings. The third-order valence-electron chi connectivity index (χ3n) is 2.46. The highest BCUT2D eigenvalue weighted by molar-refractivity contribution is 6.32. The molecule has 0 aliphatic carbocycles. The van der Waals surface area contributed by atoms with Crippen molar-refractivity contribution >= 4 is 24.0 Å². The molecule has 0 spiro atoms. The van der Waals surface area contributed by atoms with Crippen molar-refractivity contribution in [1.82, 2.24) is 5.32 Å². The van der Waals surface area contributed by atoms with E-state index >= 15 is 0 Å². The van der Waals surface area contributed by atoms with Gasteiger partial charge in [-0.1, -0.05) is 25.4 Å². The van der Waals surface area contributed by atoms with Crippen LogP contribution in [0.1, 0.15) is 26.3 Å². The Labute approximate surface area is 127 Å². The van der Waals surface area contributed by atoms with E-state index < -0.39 is 0 Å². The number of hydrogen-bond acceptors (Lipinski definition) is 3. The number of halogens is 2. The zero-order valence-electron chi connectivity index (χ0n) is 12.0. The lowest BCUT2D eigenvalue weighted by molar-refractivity contribution is 0.311. The Balaban J connectivity index is 0.00000324. The molecule has 0 amide bonds. The molecule has 19 heavy (non-hydrogen) atoms. The van der Waals surface area contributed by atoms with Crippen LogP contribution < -0.4 is 14.8 Å². The summed E-state index contributed by atoms with van der Waals surface area (Å²) in [5.41, 5.74) is 1.10. The first-order chi connectivity index (χ1) is 8.58. The minimum Gasteiger partial charge on any atom is -0.493 e. The van der Waals surface area contributed by atoms with Crippen LogP contribution in [0.3, 0.4) is 0 Å². The fourth-order valence-electron chi connectivity index (χ4n) is 1.66. The summed E-state index contributed by atoms with van der Waals surface area (Å²) in [6.45, 7) is 8.61. The molecule has 1 N–H and O–H groups in total. The summed E-state index contributed by atoms with van der Waals surface area (Å²) in [4.78, 5) is 0. The van der Waals surface area contributed by atoms with Crippen molar-refractivity contribution in [2.24, 2.45) is 5.92 Å². The van der Waals surface area contributed by atoms with Crippen molar-refractivity contribution in [3.63, 3.8) is 0 Å². The van der Waals surface area contributed by atoms with Gasteiger partial charge in [-0.3, -0.25) is 0 Å². The van der Waals surface area contributed by atoms with Crippen LogP contribution in [-0.4, -0.2) is 20.3 Å². The van der Waals surface area contributed by atoms with E-state index in [0.717, 1.165) is 18.7 Å². The van der Waals surface area contributed by atoms with Gasteiger partial charge in [-0.25, -0.2) is 0 Å². The minimum absolute atomic E-state index is 0. The molecule has 5 heteroatoms. The average molecular weight is 308 g/mol. The Morgan fingerprint density at radius 1 is 1.32 bits per heavy atom. The van der Waals surface area contributed by atoms with E-state index in [9.17, 15) is 0 Å². The molecule has 1 aromatic rings. The lowest BCUT2D eigenvalue weighted by Gasteiger charge is -2.14. The highest BCUT2D eigenvalue weighted by Crippen LogP contribution is 2.36. The van der Waals surface area contributed by atoms with Crippen molar-refractivity contribution in [1.29, 1.82) is 0 Å². The second-order valence-corrected chi connectivity index (χ2v) is 4.97. The summed E-state index contributed by atoms with van der Waals surface area (Å²) in [6, 6.07) is 3.88. The largest absolute Gasteiger partial charge is 0.493 e. The maximum atomic E-state index is 6.20. The van der Waals surface area contributed by atoms with Crippen LogP contribution in [0, 0.1) is 5.92 Å². The smallest absolute Gasteiger partial charge is 0.179 e. The summed E-state index contributed by atoms with van der Waals surface area (Å²) in [5, 5.41) is 3.97. The molecule has 0 saturated carbocycles. The topological polar surface area (TPSA) is 30.5 Å². The molecule has 0 atom stereocenters. The van der Waals surface area contributed by atoms with Crippen molar-refractivity contribution < 1.29 is 9.47 Å². The van der Waals surface area contributed by atoms with Crippen LogP contribution in [0.15, 0.2) is 12.1 Å². The van der Waals surface area contributed by atoms with Gasteiger partial charge in [0.05, 0.1) is 18.7 Å². The quantitative estimate of drug-likeness (QED) is 0.828.